The van der Waals surface area contributed by atoms with Crippen LogP contribution >= 0.6 is 0 Å². The van der Waals surface area contributed by atoms with Crippen LogP contribution in [0.4, 0.5) is 10.6 Å². The fourth-order valence-electron chi connectivity index (χ4n) is 1.57. The molecule has 2 aromatic heterocycles. The second-order valence-electron chi connectivity index (χ2n) is 5.37. The highest BCUT2D eigenvalue weighted by atomic mass is 16.6. The van der Waals surface area contributed by atoms with Crippen molar-refractivity contribution in [1.82, 2.24) is 9.97 Å². The highest BCUT2D eigenvalue weighted by molar-refractivity contribution is 5.89. The van der Waals surface area contributed by atoms with Gasteiger partial charge >= 0.3 is 12.1 Å². The van der Waals surface area contributed by atoms with Crippen molar-refractivity contribution in [2.24, 2.45) is 0 Å². The molecular formula is C14H15N3O5. The number of carbonyl (C=O) groups excluding carboxylic acids is 1. The Labute approximate surface area is 126 Å². The van der Waals surface area contributed by atoms with E-state index in [4.69, 9.17) is 14.3 Å². The SMILES string of the molecule is CC(C)(C)OC(=O)Nc1ncccc1-c1nc(C(=O)O)co1. The van der Waals surface area contributed by atoms with Gasteiger partial charge in [0, 0.05) is 6.20 Å². The first-order valence-corrected chi connectivity index (χ1v) is 6.40. The lowest BCUT2D eigenvalue weighted by atomic mass is 10.2. The molecule has 0 radical (unpaired) electrons. The van der Waals surface area contributed by atoms with Gasteiger partial charge in [-0.3, -0.25) is 5.32 Å². The summed E-state index contributed by atoms with van der Waals surface area (Å²) in [5, 5.41) is 11.3. The maximum atomic E-state index is 11.8. The molecule has 2 aromatic rings. The number of pyridine rings is 1. The zero-order chi connectivity index (χ0) is 16.3. The Hall–Kier alpha value is -2.90. The van der Waals surface area contributed by atoms with Crippen LogP contribution in [0.25, 0.3) is 11.5 Å². The molecule has 2 rings (SSSR count). The molecule has 2 heterocycles. The number of oxazole rings is 1. The molecule has 0 aromatic carbocycles. The molecule has 0 unspecified atom stereocenters. The highest BCUT2D eigenvalue weighted by Crippen LogP contribution is 2.25. The van der Waals surface area contributed by atoms with E-state index in [1.165, 1.54) is 6.20 Å². The first kappa shape index (κ1) is 15.5. The Morgan fingerprint density at radius 1 is 1.36 bits per heavy atom. The number of hydrogen-bond donors (Lipinski definition) is 2. The van der Waals surface area contributed by atoms with Gasteiger partial charge in [0.05, 0.1) is 5.56 Å². The first-order valence-electron chi connectivity index (χ1n) is 6.40. The molecule has 0 fully saturated rings. The lowest BCUT2D eigenvalue weighted by Crippen LogP contribution is -2.27. The summed E-state index contributed by atoms with van der Waals surface area (Å²) < 4.78 is 10.3. The van der Waals surface area contributed by atoms with Crippen molar-refractivity contribution in [2.75, 3.05) is 5.32 Å². The van der Waals surface area contributed by atoms with Crippen LogP contribution in [0.15, 0.2) is 29.0 Å². The smallest absolute Gasteiger partial charge is 0.413 e. The van der Waals surface area contributed by atoms with Crippen molar-refractivity contribution in [3.8, 4) is 11.5 Å². The molecule has 1 amide bonds. The van der Waals surface area contributed by atoms with Crippen molar-refractivity contribution in [2.45, 2.75) is 26.4 Å². The fraction of sp³-hybridized carbons (Fsp3) is 0.286. The van der Waals surface area contributed by atoms with E-state index in [-0.39, 0.29) is 17.4 Å². The lowest BCUT2D eigenvalue weighted by Gasteiger charge is -2.19. The second kappa shape index (κ2) is 5.84. The maximum Gasteiger partial charge on any atom is 0.413 e. The molecule has 2 N–H and O–H groups in total. The molecule has 0 saturated heterocycles. The summed E-state index contributed by atoms with van der Waals surface area (Å²) in [5.74, 6) is -1.01. The molecule has 0 spiro atoms. The number of nitrogens with one attached hydrogen (secondary N) is 1. The van der Waals surface area contributed by atoms with Gasteiger partial charge in [-0.25, -0.2) is 19.6 Å². The number of rotatable bonds is 3. The van der Waals surface area contributed by atoms with Gasteiger partial charge in [0.25, 0.3) is 0 Å². The summed E-state index contributed by atoms with van der Waals surface area (Å²) >= 11 is 0. The van der Waals surface area contributed by atoms with Crippen molar-refractivity contribution < 1.29 is 23.8 Å². The third-order valence-electron chi connectivity index (χ3n) is 2.38. The minimum atomic E-state index is -1.21. The van der Waals surface area contributed by atoms with Crippen LogP contribution in [0.5, 0.6) is 0 Å². The number of amides is 1. The van der Waals surface area contributed by atoms with Gasteiger partial charge in [-0.2, -0.15) is 0 Å². The second-order valence-corrected chi connectivity index (χ2v) is 5.37. The Morgan fingerprint density at radius 3 is 2.68 bits per heavy atom. The van der Waals surface area contributed by atoms with Crippen LogP contribution in [0, 0.1) is 0 Å². The number of anilines is 1. The topological polar surface area (TPSA) is 115 Å². The standard InChI is InChI=1S/C14H15N3O5/c1-14(2,3)22-13(20)17-10-8(5-4-6-15-10)11-16-9(7-21-11)12(18)19/h4-7H,1-3H3,(H,18,19)(H,15,17,20). The number of nitrogens with zero attached hydrogens (tertiary/aromatic N) is 2. The molecule has 8 heteroatoms. The largest absolute Gasteiger partial charge is 0.476 e. The van der Waals surface area contributed by atoms with E-state index in [9.17, 15) is 9.59 Å². The summed E-state index contributed by atoms with van der Waals surface area (Å²) in [5.41, 5.74) is -0.541. The molecule has 0 aliphatic heterocycles. The number of carbonyl (C=O) groups is 2. The zero-order valence-corrected chi connectivity index (χ0v) is 12.3. The number of aromatic nitrogens is 2. The van der Waals surface area contributed by atoms with Crippen LogP contribution in [0.1, 0.15) is 31.3 Å². The molecular weight excluding hydrogens is 290 g/mol. The van der Waals surface area contributed by atoms with E-state index in [0.29, 0.717) is 5.56 Å². The van der Waals surface area contributed by atoms with Crippen LogP contribution in [-0.2, 0) is 4.74 Å². The van der Waals surface area contributed by atoms with E-state index in [0.717, 1.165) is 6.26 Å². The van der Waals surface area contributed by atoms with Crippen molar-refractivity contribution >= 4 is 17.9 Å². The average molecular weight is 305 g/mol. The van der Waals surface area contributed by atoms with Crippen LogP contribution in [-0.4, -0.2) is 32.7 Å². The third kappa shape index (κ3) is 3.81. The summed E-state index contributed by atoms with van der Waals surface area (Å²) in [4.78, 5) is 30.5. The summed E-state index contributed by atoms with van der Waals surface area (Å²) in [6.07, 6.45) is 1.80. The van der Waals surface area contributed by atoms with Crippen molar-refractivity contribution in [1.29, 1.82) is 0 Å². The molecule has 8 nitrogen and oxygen atoms in total. The number of carboxylic acid groups (broad SMARTS) is 1. The Bertz CT molecular complexity index is 702. The molecule has 0 bridgehead atoms. The number of carboxylic acids is 1. The number of aromatic carboxylic acids is 1. The minimum absolute atomic E-state index is 0.0385. The van der Waals surface area contributed by atoms with Gasteiger partial charge in [0.1, 0.15) is 17.7 Å². The zero-order valence-electron chi connectivity index (χ0n) is 12.3. The van der Waals surface area contributed by atoms with Crippen molar-refractivity contribution in [3.05, 3.63) is 30.3 Å². The molecule has 116 valence electrons. The van der Waals surface area contributed by atoms with Crippen LogP contribution in [0.2, 0.25) is 0 Å². The maximum absolute atomic E-state index is 11.8. The quantitative estimate of drug-likeness (QED) is 0.895. The normalized spacial score (nSPS) is 11.0. The molecule has 0 aliphatic rings. The Balaban J connectivity index is 2.26. The average Bonchev–Trinajstić information content (AvgIpc) is 2.86. The van der Waals surface area contributed by atoms with Crippen LogP contribution < -0.4 is 5.32 Å². The van der Waals surface area contributed by atoms with Gasteiger partial charge in [-0.15, -0.1) is 0 Å². The Morgan fingerprint density at radius 2 is 2.09 bits per heavy atom. The minimum Gasteiger partial charge on any atom is -0.476 e. The first-order chi connectivity index (χ1) is 10.3. The summed E-state index contributed by atoms with van der Waals surface area (Å²) in [7, 11) is 0. The Kier molecular flexibility index (Phi) is 4.11. The molecule has 22 heavy (non-hydrogen) atoms. The molecule has 0 saturated carbocycles. The fourth-order valence-corrected chi connectivity index (χ4v) is 1.57. The van der Waals surface area contributed by atoms with Gasteiger partial charge < -0.3 is 14.3 Å². The van der Waals surface area contributed by atoms with E-state index >= 15 is 0 Å². The van der Waals surface area contributed by atoms with Gasteiger partial charge in [0.2, 0.25) is 5.89 Å². The van der Waals surface area contributed by atoms with Gasteiger partial charge in [0.15, 0.2) is 5.69 Å². The van der Waals surface area contributed by atoms with Crippen LogP contribution in [0.3, 0.4) is 0 Å². The number of hydrogen-bond acceptors (Lipinski definition) is 6. The van der Waals surface area contributed by atoms with E-state index in [1.54, 1.807) is 32.9 Å². The van der Waals surface area contributed by atoms with E-state index < -0.39 is 17.7 Å². The predicted octanol–water partition coefficient (Wildman–Crippen LogP) is 2.78. The predicted molar refractivity (Wildman–Crippen MR) is 76.6 cm³/mol. The van der Waals surface area contributed by atoms with Gasteiger partial charge in [-0.05, 0) is 32.9 Å². The molecule has 0 aliphatic carbocycles. The van der Waals surface area contributed by atoms with E-state index in [1.807, 2.05) is 0 Å². The van der Waals surface area contributed by atoms with Crippen molar-refractivity contribution in [3.63, 3.8) is 0 Å². The molecule has 0 atom stereocenters. The highest BCUT2D eigenvalue weighted by Gasteiger charge is 2.20. The monoisotopic (exact) mass is 305 g/mol. The number of ether oxygens (including phenoxy) is 1. The lowest BCUT2D eigenvalue weighted by molar-refractivity contribution is 0.0633. The third-order valence-corrected chi connectivity index (χ3v) is 2.38. The summed E-state index contributed by atoms with van der Waals surface area (Å²) in [6, 6.07) is 3.21. The van der Waals surface area contributed by atoms with E-state index in [2.05, 4.69) is 15.3 Å². The summed E-state index contributed by atoms with van der Waals surface area (Å²) in [6.45, 7) is 5.21. The van der Waals surface area contributed by atoms with Gasteiger partial charge in [-0.1, -0.05) is 0 Å².